The predicted molar refractivity (Wildman–Crippen MR) is 124 cm³/mol. The molecule has 0 atom stereocenters. The average molecular weight is 382 g/mol. The minimum atomic E-state index is -2.33. The quantitative estimate of drug-likeness (QED) is 0.300. The molecule has 0 aliphatic carbocycles. The highest BCUT2D eigenvalue weighted by Gasteiger charge is 2.21. The number of benzene rings is 3. The summed E-state index contributed by atoms with van der Waals surface area (Å²) in [6, 6.07) is 22.6. The van der Waals surface area contributed by atoms with E-state index in [0.29, 0.717) is 11.3 Å². The van der Waals surface area contributed by atoms with Gasteiger partial charge in [-0.15, -0.1) is 0 Å². The third-order valence-electron chi connectivity index (χ3n) is 5.90. The Balaban J connectivity index is 2.11. The van der Waals surface area contributed by atoms with Gasteiger partial charge < -0.3 is 0 Å². The molecular formula is C27H26N2. The van der Waals surface area contributed by atoms with Gasteiger partial charge in [-0.25, -0.2) is 4.98 Å². The SMILES string of the molecule is [2H]C([2H])([2H])c1nc2c3ccccc3c3ccccc3n2c1-c1c(CC)cccc1C(C)C. The largest absolute Gasteiger partial charge is 0.291 e. The summed E-state index contributed by atoms with van der Waals surface area (Å²) in [5, 5.41) is 3.13. The Hall–Kier alpha value is -3.13. The Bertz CT molecular complexity index is 1480. The minimum absolute atomic E-state index is 0.168. The van der Waals surface area contributed by atoms with Crippen molar-refractivity contribution in [2.45, 2.75) is 40.0 Å². The number of rotatable bonds is 3. The fourth-order valence-electron chi connectivity index (χ4n) is 4.56. The van der Waals surface area contributed by atoms with Crippen molar-refractivity contribution in [3.05, 3.63) is 83.6 Å². The average Bonchev–Trinajstić information content (AvgIpc) is 3.20. The van der Waals surface area contributed by atoms with Crippen LogP contribution in [0.5, 0.6) is 0 Å². The van der Waals surface area contributed by atoms with Crippen molar-refractivity contribution >= 4 is 27.3 Å². The molecule has 0 aliphatic heterocycles. The standard InChI is InChI=1S/C27H26N2/c1-5-19-11-10-15-20(17(2)3)25(19)26-18(4)28-27-23-14-7-6-12-21(23)22-13-8-9-16-24(22)29(26)27/h6-17H,5H2,1-4H3/i4D3. The maximum absolute atomic E-state index is 8.37. The first-order valence-electron chi connectivity index (χ1n) is 11.8. The van der Waals surface area contributed by atoms with Crippen LogP contribution in [0.1, 0.15) is 47.6 Å². The molecule has 0 amide bonds. The first-order valence-corrected chi connectivity index (χ1v) is 10.3. The first-order chi connectivity index (χ1) is 15.3. The molecule has 0 spiro atoms. The van der Waals surface area contributed by atoms with E-state index in [4.69, 9.17) is 9.10 Å². The zero-order valence-corrected chi connectivity index (χ0v) is 17.0. The summed E-state index contributed by atoms with van der Waals surface area (Å²) in [4.78, 5) is 4.81. The monoisotopic (exact) mass is 381 g/mol. The fourth-order valence-corrected chi connectivity index (χ4v) is 4.56. The van der Waals surface area contributed by atoms with Gasteiger partial charge in [0.2, 0.25) is 0 Å². The number of pyridine rings is 1. The normalized spacial score (nSPS) is 13.9. The number of hydrogen-bond acceptors (Lipinski definition) is 1. The van der Waals surface area contributed by atoms with Gasteiger partial charge >= 0.3 is 0 Å². The second-order valence-electron chi connectivity index (χ2n) is 7.92. The van der Waals surface area contributed by atoms with E-state index in [0.717, 1.165) is 44.8 Å². The van der Waals surface area contributed by atoms with E-state index in [1.54, 1.807) is 0 Å². The molecule has 0 N–H and O–H groups in total. The van der Waals surface area contributed by atoms with Crippen LogP contribution in [0, 0.1) is 6.85 Å². The molecular weight excluding hydrogens is 352 g/mol. The highest BCUT2D eigenvalue weighted by molar-refractivity contribution is 6.12. The zero-order valence-electron chi connectivity index (χ0n) is 20.0. The summed E-state index contributed by atoms with van der Waals surface area (Å²) >= 11 is 0. The summed E-state index contributed by atoms with van der Waals surface area (Å²) < 4.78 is 27.2. The van der Waals surface area contributed by atoms with Crippen molar-refractivity contribution in [2.75, 3.05) is 0 Å². The summed E-state index contributed by atoms with van der Waals surface area (Å²) in [6.07, 6.45) is 0.815. The molecule has 0 bridgehead atoms. The van der Waals surface area contributed by atoms with Gasteiger partial charge in [-0.2, -0.15) is 0 Å². The van der Waals surface area contributed by atoms with Crippen LogP contribution in [0.4, 0.5) is 0 Å². The number of aryl methyl sites for hydroxylation is 2. The van der Waals surface area contributed by atoms with E-state index in [-0.39, 0.29) is 11.6 Å². The maximum atomic E-state index is 8.37. The highest BCUT2D eigenvalue weighted by Crippen LogP contribution is 2.39. The van der Waals surface area contributed by atoms with Gasteiger partial charge in [0.05, 0.1) is 16.9 Å². The van der Waals surface area contributed by atoms with Gasteiger partial charge in [-0.05, 0) is 41.8 Å². The lowest BCUT2D eigenvalue weighted by molar-refractivity contribution is 0.863. The van der Waals surface area contributed by atoms with Crippen LogP contribution in [0.2, 0.25) is 0 Å². The molecule has 0 saturated carbocycles. The van der Waals surface area contributed by atoms with E-state index >= 15 is 0 Å². The molecule has 5 aromatic rings. The van der Waals surface area contributed by atoms with E-state index in [9.17, 15) is 0 Å². The van der Waals surface area contributed by atoms with E-state index in [2.05, 4.69) is 61.6 Å². The molecule has 0 aliphatic rings. The number of para-hydroxylation sites is 1. The van der Waals surface area contributed by atoms with E-state index in [1.165, 1.54) is 0 Å². The van der Waals surface area contributed by atoms with Crippen molar-refractivity contribution in [1.29, 1.82) is 0 Å². The van der Waals surface area contributed by atoms with Crippen molar-refractivity contribution in [2.24, 2.45) is 0 Å². The fraction of sp³-hybridized carbons (Fsp3) is 0.222. The lowest BCUT2D eigenvalue weighted by Crippen LogP contribution is -2.02. The number of hydrogen-bond donors (Lipinski definition) is 0. The summed E-state index contributed by atoms with van der Waals surface area (Å²) in [6.45, 7) is 4.10. The first kappa shape index (κ1) is 14.8. The second kappa shape index (κ2) is 6.73. The van der Waals surface area contributed by atoms with Crippen LogP contribution < -0.4 is 0 Å². The molecule has 0 fully saturated rings. The van der Waals surface area contributed by atoms with Crippen LogP contribution in [0.15, 0.2) is 66.7 Å². The van der Waals surface area contributed by atoms with Crippen molar-refractivity contribution < 1.29 is 4.11 Å². The highest BCUT2D eigenvalue weighted by atomic mass is 15.0. The molecule has 144 valence electrons. The topological polar surface area (TPSA) is 17.3 Å². The van der Waals surface area contributed by atoms with Crippen molar-refractivity contribution in [3.8, 4) is 11.3 Å². The zero-order chi connectivity index (χ0) is 22.6. The molecule has 2 aromatic heterocycles. The third kappa shape index (κ3) is 2.59. The van der Waals surface area contributed by atoms with Crippen LogP contribution >= 0.6 is 0 Å². The Morgan fingerprint density at radius 2 is 1.62 bits per heavy atom. The number of nitrogens with zero attached hydrogens (tertiary/aromatic N) is 2. The third-order valence-corrected chi connectivity index (χ3v) is 5.90. The number of imidazole rings is 1. The van der Waals surface area contributed by atoms with Gasteiger partial charge in [0.1, 0.15) is 5.65 Å². The predicted octanol–water partition coefficient (Wildman–Crippen LogP) is 7.30. The van der Waals surface area contributed by atoms with Gasteiger partial charge in [0.25, 0.3) is 0 Å². The minimum Gasteiger partial charge on any atom is -0.291 e. The number of aromatic nitrogens is 2. The lowest BCUT2D eigenvalue weighted by Gasteiger charge is -2.18. The molecule has 0 radical (unpaired) electrons. The molecule has 2 heterocycles. The van der Waals surface area contributed by atoms with Crippen molar-refractivity contribution in [1.82, 2.24) is 9.38 Å². The Morgan fingerprint density at radius 3 is 2.34 bits per heavy atom. The molecule has 2 heteroatoms. The van der Waals surface area contributed by atoms with Gasteiger partial charge in [0.15, 0.2) is 0 Å². The molecule has 3 aromatic carbocycles. The van der Waals surface area contributed by atoms with Gasteiger partial charge in [0, 0.05) is 20.4 Å². The van der Waals surface area contributed by atoms with Crippen LogP contribution in [0.25, 0.3) is 38.6 Å². The second-order valence-corrected chi connectivity index (χ2v) is 7.92. The molecule has 0 saturated heterocycles. The van der Waals surface area contributed by atoms with Crippen molar-refractivity contribution in [3.63, 3.8) is 0 Å². The smallest absolute Gasteiger partial charge is 0.145 e. The summed E-state index contributed by atoms with van der Waals surface area (Å²) in [5.74, 6) is 0.248. The van der Waals surface area contributed by atoms with E-state index < -0.39 is 6.85 Å². The summed E-state index contributed by atoms with van der Waals surface area (Å²) in [7, 11) is 0. The Labute approximate surface area is 176 Å². The molecule has 29 heavy (non-hydrogen) atoms. The number of fused-ring (bicyclic) bond motifs is 6. The summed E-state index contributed by atoms with van der Waals surface area (Å²) in [5.41, 5.74) is 5.82. The molecule has 0 unspecified atom stereocenters. The van der Waals surface area contributed by atoms with Crippen LogP contribution in [-0.4, -0.2) is 9.38 Å². The maximum Gasteiger partial charge on any atom is 0.145 e. The Morgan fingerprint density at radius 1 is 0.897 bits per heavy atom. The lowest BCUT2D eigenvalue weighted by atomic mass is 9.89. The van der Waals surface area contributed by atoms with Gasteiger partial charge in [-0.3, -0.25) is 4.40 Å². The van der Waals surface area contributed by atoms with Gasteiger partial charge in [-0.1, -0.05) is 81.4 Å². The Kier molecular flexibility index (Phi) is 3.44. The van der Waals surface area contributed by atoms with Crippen LogP contribution in [0.3, 0.4) is 0 Å². The van der Waals surface area contributed by atoms with Crippen LogP contribution in [-0.2, 0) is 6.42 Å². The molecule has 2 nitrogen and oxygen atoms in total. The van der Waals surface area contributed by atoms with E-state index in [1.807, 2.05) is 30.3 Å². The molecule has 5 rings (SSSR count).